The molecule has 1 rings (SSSR count). The van der Waals surface area contributed by atoms with Crippen molar-refractivity contribution in [2.45, 2.75) is 27.3 Å². The predicted octanol–water partition coefficient (Wildman–Crippen LogP) is 2.89. The van der Waals surface area contributed by atoms with Gasteiger partial charge in [-0.25, -0.2) is 0 Å². The number of nitro benzene ring substituents is 1. The average Bonchev–Trinajstić information content (AvgIpc) is 2.47. The molecule has 0 spiro atoms. The van der Waals surface area contributed by atoms with E-state index in [1.54, 1.807) is 12.1 Å². The Balaban J connectivity index is 2.77. The lowest BCUT2D eigenvalue weighted by Crippen LogP contribution is -2.27. The third-order valence-electron chi connectivity index (χ3n) is 3.24. The van der Waals surface area contributed by atoms with Gasteiger partial charge in [0.1, 0.15) is 5.69 Å². The van der Waals surface area contributed by atoms with Crippen molar-refractivity contribution >= 4 is 11.4 Å². The van der Waals surface area contributed by atoms with E-state index in [9.17, 15) is 10.1 Å². The van der Waals surface area contributed by atoms with Crippen LogP contribution in [0.3, 0.4) is 0 Å². The molecule has 0 aromatic heterocycles. The van der Waals surface area contributed by atoms with Crippen molar-refractivity contribution in [2.24, 2.45) is 0 Å². The largest absolute Gasteiger partial charge is 0.380 e. The molecular weight excluding hydrogens is 270 g/mol. The summed E-state index contributed by atoms with van der Waals surface area (Å²) in [5.41, 5.74) is 1.65. The van der Waals surface area contributed by atoms with Crippen LogP contribution in [0.1, 0.15) is 26.3 Å². The lowest BCUT2D eigenvalue weighted by atomic mass is 10.1. The Morgan fingerprint density at radius 1 is 1.33 bits per heavy atom. The van der Waals surface area contributed by atoms with Crippen LogP contribution in [-0.4, -0.2) is 42.7 Å². The second-order valence-electron chi connectivity index (χ2n) is 4.70. The number of likely N-dealkylation sites (N-methyl/N-ethyl adjacent to an activating group) is 1. The van der Waals surface area contributed by atoms with E-state index in [0.717, 1.165) is 18.7 Å². The van der Waals surface area contributed by atoms with Crippen molar-refractivity contribution in [2.75, 3.05) is 38.2 Å². The molecule has 0 aliphatic heterocycles. The fourth-order valence-corrected chi connectivity index (χ4v) is 2.11. The van der Waals surface area contributed by atoms with Crippen LogP contribution in [0.2, 0.25) is 0 Å². The number of nitro groups is 1. The maximum Gasteiger partial charge on any atom is 0.292 e. The molecule has 6 heteroatoms. The third-order valence-corrected chi connectivity index (χ3v) is 3.24. The van der Waals surface area contributed by atoms with Crippen molar-refractivity contribution < 1.29 is 9.66 Å². The first-order valence-electron chi connectivity index (χ1n) is 7.43. The molecule has 0 saturated carbocycles. The maximum absolute atomic E-state index is 11.1. The fourth-order valence-electron chi connectivity index (χ4n) is 2.11. The quantitative estimate of drug-likeness (QED) is 0.408. The van der Waals surface area contributed by atoms with Gasteiger partial charge in [-0.3, -0.25) is 15.0 Å². The van der Waals surface area contributed by atoms with Crippen LogP contribution in [0, 0.1) is 10.1 Å². The summed E-state index contributed by atoms with van der Waals surface area (Å²) in [6, 6.07) is 5.38. The summed E-state index contributed by atoms with van der Waals surface area (Å²) in [6.07, 6.45) is 0. The Labute approximate surface area is 126 Å². The van der Waals surface area contributed by atoms with Crippen molar-refractivity contribution in [1.29, 1.82) is 0 Å². The minimum Gasteiger partial charge on any atom is -0.380 e. The number of hydrogen-bond acceptors (Lipinski definition) is 5. The third kappa shape index (κ3) is 5.69. The summed E-state index contributed by atoms with van der Waals surface area (Å²) in [5, 5.41) is 14.2. The first-order chi connectivity index (χ1) is 10.1. The van der Waals surface area contributed by atoms with Gasteiger partial charge < -0.3 is 10.1 Å². The van der Waals surface area contributed by atoms with Crippen LogP contribution in [0.25, 0.3) is 0 Å². The van der Waals surface area contributed by atoms with Gasteiger partial charge in [-0.05, 0) is 32.0 Å². The average molecular weight is 295 g/mol. The van der Waals surface area contributed by atoms with Crippen LogP contribution in [-0.2, 0) is 11.3 Å². The Morgan fingerprint density at radius 2 is 2.10 bits per heavy atom. The van der Waals surface area contributed by atoms with Gasteiger partial charge in [-0.15, -0.1) is 0 Å². The molecule has 0 amide bonds. The standard InChI is InChI=1S/C15H25N3O3/c1-4-16-14-8-7-13(11-15(14)18(19)20)12-17(5-2)9-10-21-6-3/h7-8,11,16H,4-6,9-10,12H2,1-3H3. The number of nitrogens with one attached hydrogen (secondary N) is 1. The SMILES string of the molecule is CCNc1ccc(CN(CC)CCOCC)cc1[N+](=O)[O-]. The predicted molar refractivity (Wildman–Crippen MR) is 84.7 cm³/mol. The van der Waals surface area contributed by atoms with Gasteiger partial charge in [0.25, 0.3) is 5.69 Å². The molecule has 0 unspecified atom stereocenters. The molecule has 21 heavy (non-hydrogen) atoms. The Kier molecular flexibility index (Phi) is 7.71. The van der Waals surface area contributed by atoms with Gasteiger partial charge in [0.15, 0.2) is 0 Å². The number of ether oxygens (including phenoxy) is 1. The zero-order valence-electron chi connectivity index (χ0n) is 13.1. The van der Waals surface area contributed by atoms with E-state index >= 15 is 0 Å². The Bertz CT molecular complexity index is 452. The van der Waals surface area contributed by atoms with Crippen molar-refractivity contribution in [3.63, 3.8) is 0 Å². The van der Waals surface area contributed by atoms with E-state index in [1.807, 2.05) is 19.9 Å². The molecule has 118 valence electrons. The number of hydrogen-bond donors (Lipinski definition) is 1. The van der Waals surface area contributed by atoms with E-state index in [-0.39, 0.29) is 10.6 Å². The maximum atomic E-state index is 11.1. The molecule has 0 atom stereocenters. The van der Waals surface area contributed by atoms with Crippen molar-refractivity contribution in [3.05, 3.63) is 33.9 Å². The van der Waals surface area contributed by atoms with Crippen LogP contribution >= 0.6 is 0 Å². The van der Waals surface area contributed by atoms with Gasteiger partial charge in [0, 0.05) is 32.3 Å². The zero-order chi connectivity index (χ0) is 15.7. The summed E-state index contributed by atoms with van der Waals surface area (Å²) in [6.45, 7) is 10.4. The lowest BCUT2D eigenvalue weighted by molar-refractivity contribution is -0.384. The second-order valence-corrected chi connectivity index (χ2v) is 4.70. The normalized spacial score (nSPS) is 10.9. The number of rotatable bonds is 10. The minimum atomic E-state index is -0.335. The zero-order valence-corrected chi connectivity index (χ0v) is 13.1. The molecule has 0 aliphatic rings. The van der Waals surface area contributed by atoms with Crippen LogP contribution in [0.5, 0.6) is 0 Å². The van der Waals surface area contributed by atoms with E-state index in [1.165, 1.54) is 0 Å². The highest BCUT2D eigenvalue weighted by Gasteiger charge is 2.15. The molecule has 6 nitrogen and oxygen atoms in total. The highest BCUT2D eigenvalue weighted by atomic mass is 16.6. The molecular formula is C15H25N3O3. The number of nitrogens with zero attached hydrogens (tertiary/aromatic N) is 2. The van der Waals surface area contributed by atoms with E-state index < -0.39 is 0 Å². The van der Waals surface area contributed by atoms with Gasteiger partial charge in [0.2, 0.25) is 0 Å². The molecule has 0 saturated heterocycles. The van der Waals surface area contributed by atoms with Crippen LogP contribution in [0.15, 0.2) is 18.2 Å². The first kappa shape index (κ1) is 17.4. The summed E-state index contributed by atoms with van der Waals surface area (Å²) in [7, 11) is 0. The molecule has 0 fully saturated rings. The molecule has 0 heterocycles. The fraction of sp³-hybridized carbons (Fsp3) is 0.600. The highest BCUT2D eigenvalue weighted by Crippen LogP contribution is 2.26. The van der Waals surface area contributed by atoms with Gasteiger partial charge >= 0.3 is 0 Å². The molecule has 0 bridgehead atoms. The minimum absolute atomic E-state index is 0.134. The van der Waals surface area contributed by atoms with Crippen LogP contribution in [0.4, 0.5) is 11.4 Å². The Hall–Kier alpha value is -1.66. The number of benzene rings is 1. The summed E-state index contributed by atoms with van der Waals surface area (Å²) < 4.78 is 5.36. The number of anilines is 1. The van der Waals surface area contributed by atoms with Gasteiger partial charge in [-0.2, -0.15) is 0 Å². The molecule has 1 aromatic rings. The molecule has 0 aliphatic carbocycles. The summed E-state index contributed by atoms with van der Waals surface area (Å²) in [5.74, 6) is 0. The lowest BCUT2D eigenvalue weighted by Gasteiger charge is -2.20. The first-order valence-corrected chi connectivity index (χ1v) is 7.43. The summed E-state index contributed by atoms with van der Waals surface area (Å²) >= 11 is 0. The van der Waals surface area contributed by atoms with E-state index in [0.29, 0.717) is 32.0 Å². The molecule has 1 N–H and O–H groups in total. The molecule has 0 radical (unpaired) electrons. The van der Waals surface area contributed by atoms with Gasteiger partial charge in [-0.1, -0.05) is 13.0 Å². The van der Waals surface area contributed by atoms with Crippen LogP contribution < -0.4 is 5.32 Å². The van der Waals surface area contributed by atoms with E-state index in [4.69, 9.17) is 4.74 Å². The highest BCUT2D eigenvalue weighted by molar-refractivity contribution is 5.62. The van der Waals surface area contributed by atoms with Gasteiger partial charge in [0.05, 0.1) is 11.5 Å². The van der Waals surface area contributed by atoms with Crippen molar-refractivity contribution in [1.82, 2.24) is 4.90 Å². The monoisotopic (exact) mass is 295 g/mol. The molecule has 1 aromatic carbocycles. The smallest absolute Gasteiger partial charge is 0.292 e. The Morgan fingerprint density at radius 3 is 2.67 bits per heavy atom. The summed E-state index contributed by atoms with van der Waals surface area (Å²) in [4.78, 5) is 13.0. The van der Waals surface area contributed by atoms with Crippen molar-refractivity contribution in [3.8, 4) is 0 Å². The topological polar surface area (TPSA) is 67.6 Å². The second kappa shape index (κ2) is 9.31. The van der Waals surface area contributed by atoms with E-state index in [2.05, 4.69) is 17.1 Å².